The monoisotopic (exact) mass is 271 g/mol. The van der Waals surface area contributed by atoms with Crippen molar-refractivity contribution in [2.24, 2.45) is 0 Å². The van der Waals surface area contributed by atoms with E-state index < -0.39 is 5.97 Å². The van der Waals surface area contributed by atoms with Crippen molar-refractivity contribution in [3.8, 4) is 0 Å². The average Bonchev–Trinajstić information content (AvgIpc) is 2.34. The van der Waals surface area contributed by atoms with Crippen LogP contribution < -0.4 is 0 Å². The highest BCUT2D eigenvalue weighted by Crippen LogP contribution is 2.27. The van der Waals surface area contributed by atoms with Crippen LogP contribution in [0.25, 0.3) is 10.9 Å². The standard InChI is InChI=1S/C17H21NO2/c1-11-5-7-14-13(9-11)12(6-8-16(19)20)10-15(18-14)17(2,3)4/h5,7,9-10H,6,8H2,1-4H3,(H,19,20). The molecule has 0 atom stereocenters. The van der Waals surface area contributed by atoms with Crippen molar-refractivity contribution in [2.45, 2.75) is 46.0 Å². The van der Waals surface area contributed by atoms with Crippen LogP contribution in [-0.4, -0.2) is 16.1 Å². The Morgan fingerprint density at radius 2 is 1.95 bits per heavy atom. The second-order valence-corrected chi connectivity index (χ2v) is 6.33. The Morgan fingerprint density at radius 1 is 1.25 bits per heavy atom. The molecule has 0 bridgehead atoms. The number of aryl methyl sites for hydroxylation is 2. The molecule has 3 heteroatoms. The third kappa shape index (κ3) is 3.16. The van der Waals surface area contributed by atoms with E-state index in [0.29, 0.717) is 6.42 Å². The molecule has 0 saturated carbocycles. The number of pyridine rings is 1. The topological polar surface area (TPSA) is 50.2 Å². The Bertz CT molecular complexity index is 654. The van der Waals surface area contributed by atoms with E-state index in [0.717, 1.165) is 22.2 Å². The summed E-state index contributed by atoms with van der Waals surface area (Å²) in [6.07, 6.45) is 0.692. The molecule has 1 aromatic carbocycles. The van der Waals surface area contributed by atoms with Crippen molar-refractivity contribution in [3.63, 3.8) is 0 Å². The van der Waals surface area contributed by atoms with Crippen LogP contribution in [0, 0.1) is 6.92 Å². The van der Waals surface area contributed by atoms with E-state index in [1.165, 1.54) is 5.56 Å². The fourth-order valence-electron chi connectivity index (χ4n) is 2.24. The lowest BCUT2D eigenvalue weighted by Crippen LogP contribution is -2.14. The highest BCUT2D eigenvalue weighted by molar-refractivity contribution is 5.83. The normalized spacial score (nSPS) is 11.8. The number of nitrogens with zero attached hydrogens (tertiary/aromatic N) is 1. The first-order valence-corrected chi connectivity index (χ1v) is 6.90. The van der Waals surface area contributed by atoms with Crippen LogP contribution in [0.5, 0.6) is 0 Å². The Balaban J connectivity index is 2.60. The molecule has 0 aliphatic carbocycles. The lowest BCUT2D eigenvalue weighted by atomic mass is 9.89. The molecule has 0 saturated heterocycles. The van der Waals surface area contributed by atoms with Gasteiger partial charge in [0.05, 0.1) is 5.52 Å². The van der Waals surface area contributed by atoms with Gasteiger partial charge in [-0.2, -0.15) is 0 Å². The number of aromatic nitrogens is 1. The molecule has 106 valence electrons. The second kappa shape index (κ2) is 5.23. The summed E-state index contributed by atoms with van der Waals surface area (Å²) in [5.41, 5.74) is 4.15. The molecule has 1 aromatic heterocycles. The minimum absolute atomic E-state index is 0.0446. The fourth-order valence-corrected chi connectivity index (χ4v) is 2.24. The molecule has 0 fully saturated rings. The van der Waals surface area contributed by atoms with Gasteiger partial charge in [-0.05, 0) is 37.1 Å². The van der Waals surface area contributed by atoms with E-state index in [1.807, 2.05) is 19.1 Å². The van der Waals surface area contributed by atoms with Crippen molar-refractivity contribution in [1.82, 2.24) is 4.98 Å². The van der Waals surface area contributed by atoms with E-state index >= 15 is 0 Å². The van der Waals surface area contributed by atoms with Crippen LogP contribution in [0.15, 0.2) is 24.3 Å². The van der Waals surface area contributed by atoms with Crippen LogP contribution >= 0.6 is 0 Å². The number of hydrogen-bond acceptors (Lipinski definition) is 2. The summed E-state index contributed by atoms with van der Waals surface area (Å²) < 4.78 is 0. The Kier molecular flexibility index (Phi) is 3.80. The van der Waals surface area contributed by atoms with Crippen molar-refractivity contribution < 1.29 is 9.90 Å². The maximum atomic E-state index is 10.8. The van der Waals surface area contributed by atoms with Gasteiger partial charge >= 0.3 is 5.97 Å². The van der Waals surface area contributed by atoms with E-state index in [2.05, 4.69) is 32.9 Å². The summed E-state index contributed by atoms with van der Waals surface area (Å²) >= 11 is 0. The predicted octanol–water partition coefficient (Wildman–Crippen LogP) is 3.86. The Labute approximate surface area is 119 Å². The molecule has 0 spiro atoms. The number of hydrogen-bond donors (Lipinski definition) is 1. The lowest BCUT2D eigenvalue weighted by molar-refractivity contribution is -0.136. The van der Waals surface area contributed by atoms with Crippen molar-refractivity contribution >= 4 is 16.9 Å². The molecule has 20 heavy (non-hydrogen) atoms. The first-order valence-electron chi connectivity index (χ1n) is 6.90. The van der Waals surface area contributed by atoms with E-state index in [4.69, 9.17) is 10.1 Å². The molecule has 3 nitrogen and oxygen atoms in total. The van der Waals surface area contributed by atoms with E-state index in [-0.39, 0.29) is 11.8 Å². The predicted molar refractivity (Wildman–Crippen MR) is 81.1 cm³/mol. The molecule has 2 rings (SSSR count). The van der Waals surface area contributed by atoms with Gasteiger partial charge in [-0.25, -0.2) is 0 Å². The van der Waals surface area contributed by atoms with Crippen LogP contribution in [0.3, 0.4) is 0 Å². The van der Waals surface area contributed by atoms with E-state index in [1.54, 1.807) is 0 Å². The first kappa shape index (κ1) is 14.5. The zero-order chi connectivity index (χ0) is 14.9. The summed E-state index contributed by atoms with van der Waals surface area (Å²) in [6.45, 7) is 8.40. The number of rotatable bonds is 3. The van der Waals surface area contributed by atoms with Gasteiger partial charge in [-0.1, -0.05) is 32.4 Å². The summed E-state index contributed by atoms with van der Waals surface area (Å²) in [6, 6.07) is 8.21. The average molecular weight is 271 g/mol. The molecular formula is C17H21NO2. The van der Waals surface area contributed by atoms with Crippen molar-refractivity contribution in [2.75, 3.05) is 0 Å². The molecular weight excluding hydrogens is 250 g/mol. The van der Waals surface area contributed by atoms with Gasteiger partial charge in [-0.15, -0.1) is 0 Å². The number of fused-ring (bicyclic) bond motifs is 1. The fraction of sp³-hybridized carbons (Fsp3) is 0.412. The lowest BCUT2D eigenvalue weighted by Gasteiger charge is -2.20. The number of benzene rings is 1. The number of carboxylic acid groups (broad SMARTS) is 1. The molecule has 1 N–H and O–H groups in total. The van der Waals surface area contributed by atoms with Crippen molar-refractivity contribution in [1.29, 1.82) is 0 Å². The summed E-state index contributed by atoms with van der Waals surface area (Å²) in [7, 11) is 0. The zero-order valence-electron chi connectivity index (χ0n) is 12.5. The summed E-state index contributed by atoms with van der Waals surface area (Å²) in [5.74, 6) is -0.764. The molecule has 0 amide bonds. The number of carbonyl (C=O) groups is 1. The van der Waals surface area contributed by atoms with Gasteiger partial charge in [0.15, 0.2) is 0 Å². The number of aliphatic carboxylic acids is 1. The molecule has 0 radical (unpaired) electrons. The number of carboxylic acids is 1. The van der Waals surface area contributed by atoms with Crippen LogP contribution in [0.4, 0.5) is 0 Å². The van der Waals surface area contributed by atoms with Crippen LogP contribution in [-0.2, 0) is 16.6 Å². The smallest absolute Gasteiger partial charge is 0.303 e. The third-order valence-corrected chi connectivity index (χ3v) is 3.43. The molecule has 0 aliphatic rings. The highest BCUT2D eigenvalue weighted by Gasteiger charge is 2.18. The maximum Gasteiger partial charge on any atom is 0.303 e. The third-order valence-electron chi connectivity index (χ3n) is 3.43. The van der Waals surface area contributed by atoms with Gasteiger partial charge in [0.1, 0.15) is 0 Å². The zero-order valence-corrected chi connectivity index (χ0v) is 12.5. The molecule has 2 aromatic rings. The summed E-state index contributed by atoms with van der Waals surface area (Å²) in [4.78, 5) is 15.6. The molecule has 0 aliphatic heterocycles. The maximum absolute atomic E-state index is 10.8. The second-order valence-electron chi connectivity index (χ2n) is 6.33. The Morgan fingerprint density at radius 3 is 2.55 bits per heavy atom. The van der Waals surface area contributed by atoms with Gasteiger partial charge in [0.2, 0.25) is 0 Å². The largest absolute Gasteiger partial charge is 0.481 e. The van der Waals surface area contributed by atoms with Gasteiger partial charge in [-0.3, -0.25) is 9.78 Å². The SMILES string of the molecule is Cc1ccc2nc(C(C)(C)C)cc(CCC(=O)O)c2c1. The summed E-state index contributed by atoms with van der Waals surface area (Å²) in [5, 5.41) is 9.98. The molecule has 0 unspecified atom stereocenters. The van der Waals surface area contributed by atoms with Crippen molar-refractivity contribution in [3.05, 3.63) is 41.1 Å². The minimum Gasteiger partial charge on any atom is -0.481 e. The van der Waals surface area contributed by atoms with Gasteiger partial charge < -0.3 is 5.11 Å². The molecule has 1 heterocycles. The van der Waals surface area contributed by atoms with E-state index in [9.17, 15) is 4.79 Å². The highest BCUT2D eigenvalue weighted by atomic mass is 16.4. The Hall–Kier alpha value is -1.90. The van der Waals surface area contributed by atoms with Crippen LogP contribution in [0.2, 0.25) is 0 Å². The minimum atomic E-state index is -0.764. The quantitative estimate of drug-likeness (QED) is 0.922. The first-order chi connectivity index (χ1) is 9.27. The van der Waals surface area contributed by atoms with Gasteiger partial charge in [0.25, 0.3) is 0 Å². The van der Waals surface area contributed by atoms with Crippen LogP contribution in [0.1, 0.15) is 44.0 Å². The van der Waals surface area contributed by atoms with Gasteiger partial charge in [0, 0.05) is 22.9 Å².